The Kier molecular flexibility index (Phi) is 19.3. The number of aliphatic hydroxyl groups excluding tert-OH is 14. The highest BCUT2D eigenvalue weighted by Gasteiger charge is 2.55. The van der Waals surface area contributed by atoms with Crippen LogP contribution in [-0.2, 0) is 33.2 Å². The molecule has 310 valence electrons. The lowest BCUT2D eigenvalue weighted by atomic mass is 9.96. The molecule has 0 radical (unpaired) electrons. The molecule has 3 aliphatic heterocycles. The van der Waals surface area contributed by atoms with E-state index in [0.717, 1.165) is 0 Å². The maximum absolute atomic E-state index is 11.2. The Bertz CT molecular complexity index is 1100. The molecule has 0 bridgehead atoms. The van der Waals surface area contributed by atoms with E-state index in [4.69, 9.17) is 38.7 Å². The summed E-state index contributed by atoms with van der Waals surface area (Å²) in [6.45, 7) is -3.20. The summed E-state index contributed by atoms with van der Waals surface area (Å²) in [6.07, 6.45) is -35.0. The number of rotatable bonds is 21. The monoisotopic (exact) mass is 779 g/mol. The minimum atomic E-state index is -2.08. The van der Waals surface area contributed by atoms with Gasteiger partial charge in [-0.05, 0) is 24.8 Å². The number of hydrogen-bond donors (Lipinski definition) is 14. The van der Waals surface area contributed by atoms with Crippen molar-refractivity contribution >= 4 is 0 Å². The molecule has 19 atom stereocenters. The zero-order valence-corrected chi connectivity index (χ0v) is 28.5. The van der Waals surface area contributed by atoms with Gasteiger partial charge in [0.1, 0.15) is 85.5 Å². The van der Waals surface area contributed by atoms with Gasteiger partial charge in [-0.1, -0.05) is 11.5 Å². The number of hydrogen-bond acceptors (Lipinski definition) is 22. The van der Waals surface area contributed by atoms with Crippen LogP contribution in [0.5, 0.6) is 0 Å². The Morgan fingerprint density at radius 2 is 1.13 bits per heavy atom. The van der Waals surface area contributed by atoms with Crippen molar-refractivity contribution in [2.24, 2.45) is 5.11 Å². The summed E-state index contributed by atoms with van der Waals surface area (Å²) < 4.78 is 39.0. The van der Waals surface area contributed by atoms with Gasteiger partial charge in [-0.3, -0.25) is 0 Å². The summed E-state index contributed by atoms with van der Waals surface area (Å²) in [5, 5.41) is 149. The average Bonchev–Trinajstić information content (AvgIpc) is 3.15. The molecule has 14 N–H and O–H groups in total. The van der Waals surface area contributed by atoms with Crippen molar-refractivity contribution in [2.75, 3.05) is 39.6 Å². The van der Waals surface area contributed by atoms with E-state index in [2.05, 4.69) is 10.0 Å². The second-order valence-electron chi connectivity index (χ2n) is 12.8. The Balaban J connectivity index is 1.89. The Morgan fingerprint density at radius 1 is 0.623 bits per heavy atom. The first-order valence-electron chi connectivity index (χ1n) is 17.0. The highest BCUT2D eigenvalue weighted by Crippen LogP contribution is 2.34. The smallest absolute Gasteiger partial charge is 0.187 e. The van der Waals surface area contributed by atoms with E-state index in [0.29, 0.717) is 19.3 Å². The maximum atomic E-state index is 11.2. The molecule has 53 heavy (non-hydrogen) atoms. The van der Waals surface area contributed by atoms with Crippen molar-refractivity contribution in [1.29, 1.82) is 0 Å². The van der Waals surface area contributed by atoms with Crippen LogP contribution in [0.1, 0.15) is 25.7 Å². The van der Waals surface area contributed by atoms with Crippen LogP contribution in [0.2, 0.25) is 0 Å². The quantitative estimate of drug-likeness (QED) is 0.0169. The van der Waals surface area contributed by atoms with Gasteiger partial charge in [0.05, 0.1) is 25.9 Å². The lowest BCUT2D eigenvalue weighted by Gasteiger charge is -2.49. The van der Waals surface area contributed by atoms with Crippen LogP contribution in [0.25, 0.3) is 10.4 Å². The van der Waals surface area contributed by atoms with Gasteiger partial charge in [0.2, 0.25) is 0 Å². The van der Waals surface area contributed by atoms with Gasteiger partial charge in [0.15, 0.2) is 25.2 Å². The second-order valence-corrected chi connectivity index (χ2v) is 12.8. The molecule has 0 aromatic heterocycles. The van der Waals surface area contributed by atoms with Crippen LogP contribution in [0, 0.1) is 0 Å². The minimum Gasteiger partial charge on any atom is -0.396 e. The molecule has 3 rings (SSSR count). The van der Waals surface area contributed by atoms with Gasteiger partial charge < -0.3 is 105 Å². The van der Waals surface area contributed by atoms with Crippen molar-refractivity contribution in [3.8, 4) is 0 Å². The SMILES string of the molecule is [N-]=[N+]=NCCCCCOC(O)C(O)C(OC1OC(CO)C(O)C(O)C1OC1OC(CO)C(O)C(O)C1OC1OC(CO)C(O)C(O)C1O)C(O)CCO. The molecule has 3 heterocycles. The topological polar surface area (TPSA) is 397 Å². The van der Waals surface area contributed by atoms with Crippen LogP contribution >= 0.6 is 0 Å². The number of unbranched alkanes of at least 4 members (excludes halogenated alkanes) is 2. The van der Waals surface area contributed by atoms with E-state index >= 15 is 0 Å². The number of azide groups is 1. The van der Waals surface area contributed by atoms with Crippen LogP contribution in [0.4, 0.5) is 0 Å². The van der Waals surface area contributed by atoms with Crippen LogP contribution in [0.3, 0.4) is 0 Å². The number of aliphatic hydroxyl groups is 14. The number of nitrogens with zero attached hydrogens (tertiary/aromatic N) is 3. The minimum absolute atomic E-state index is 0.102. The largest absolute Gasteiger partial charge is 0.396 e. The van der Waals surface area contributed by atoms with Gasteiger partial charge in [-0.2, -0.15) is 0 Å². The molecule has 3 saturated heterocycles. The van der Waals surface area contributed by atoms with E-state index in [1.165, 1.54) is 0 Å². The van der Waals surface area contributed by atoms with Gasteiger partial charge >= 0.3 is 0 Å². The van der Waals surface area contributed by atoms with Crippen LogP contribution < -0.4 is 0 Å². The maximum Gasteiger partial charge on any atom is 0.187 e. The predicted octanol–water partition coefficient (Wildman–Crippen LogP) is -7.26. The fourth-order valence-corrected chi connectivity index (χ4v) is 5.93. The van der Waals surface area contributed by atoms with Crippen molar-refractivity contribution < 1.29 is 105 Å². The molecule has 24 heteroatoms. The normalized spacial score (nSPS) is 40.2. The van der Waals surface area contributed by atoms with Crippen molar-refractivity contribution in [2.45, 2.75) is 142 Å². The third kappa shape index (κ3) is 11.7. The fourth-order valence-electron chi connectivity index (χ4n) is 5.93. The lowest BCUT2D eigenvalue weighted by molar-refractivity contribution is -0.399. The van der Waals surface area contributed by atoms with E-state index in [9.17, 15) is 71.5 Å². The molecule has 19 unspecified atom stereocenters. The summed E-state index contributed by atoms with van der Waals surface area (Å²) in [5.41, 5.74) is 8.36. The van der Waals surface area contributed by atoms with Crippen LogP contribution in [-0.4, -0.2) is 228 Å². The van der Waals surface area contributed by atoms with E-state index < -0.39 is 150 Å². The van der Waals surface area contributed by atoms with Crippen molar-refractivity contribution in [3.63, 3.8) is 0 Å². The zero-order chi connectivity index (χ0) is 39.4. The van der Waals surface area contributed by atoms with Gasteiger partial charge in [-0.15, -0.1) is 0 Å². The first-order chi connectivity index (χ1) is 25.2. The van der Waals surface area contributed by atoms with E-state index in [1.807, 2.05) is 0 Å². The zero-order valence-electron chi connectivity index (χ0n) is 28.5. The summed E-state index contributed by atoms with van der Waals surface area (Å²) in [4.78, 5) is 2.63. The van der Waals surface area contributed by atoms with Crippen molar-refractivity contribution in [3.05, 3.63) is 10.4 Å². The molecule has 0 saturated carbocycles. The third-order valence-corrected chi connectivity index (χ3v) is 9.06. The standard InChI is InChI=1S/C29H53N3O21/c30-32-31-5-2-1-3-7-47-26(46)22(45)23(11(37)4-6-33)51-28-25(20(43)17(40)13(9-35)49-28)53-29-24(19(42)16(39)14(10-36)50-29)52-27-21(44)18(41)15(38)12(8-34)48-27/h11-29,33-46H,1-10H2. The summed E-state index contributed by atoms with van der Waals surface area (Å²) in [5.74, 6) is 0. The van der Waals surface area contributed by atoms with E-state index in [-0.39, 0.29) is 13.2 Å². The Morgan fingerprint density at radius 3 is 1.68 bits per heavy atom. The highest BCUT2D eigenvalue weighted by molar-refractivity contribution is 4.97. The molecular weight excluding hydrogens is 726 g/mol. The lowest BCUT2D eigenvalue weighted by Crippen LogP contribution is -2.67. The highest BCUT2D eigenvalue weighted by atomic mass is 16.8. The summed E-state index contributed by atoms with van der Waals surface area (Å²) in [7, 11) is 0. The summed E-state index contributed by atoms with van der Waals surface area (Å²) in [6, 6.07) is 0. The first-order valence-corrected chi connectivity index (χ1v) is 17.0. The van der Waals surface area contributed by atoms with Crippen LogP contribution in [0.15, 0.2) is 5.11 Å². The summed E-state index contributed by atoms with van der Waals surface area (Å²) >= 11 is 0. The second kappa shape index (κ2) is 22.3. The average molecular weight is 780 g/mol. The number of ether oxygens (including phenoxy) is 7. The Hall–Kier alpha value is -1.53. The molecule has 3 fully saturated rings. The first kappa shape index (κ1) is 45.9. The van der Waals surface area contributed by atoms with Gasteiger partial charge in [0.25, 0.3) is 0 Å². The van der Waals surface area contributed by atoms with Gasteiger partial charge in [-0.25, -0.2) is 0 Å². The molecular formula is C29H53N3O21. The van der Waals surface area contributed by atoms with Crippen molar-refractivity contribution in [1.82, 2.24) is 0 Å². The molecule has 0 aliphatic carbocycles. The third-order valence-electron chi connectivity index (χ3n) is 9.06. The van der Waals surface area contributed by atoms with E-state index in [1.54, 1.807) is 0 Å². The fraction of sp³-hybridized carbons (Fsp3) is 1.00. The molecule has 0 aromatic rings. The molecule has 0 amide bonds. The molecule has 0 spiro atoms. The predicted molar refractivity (Wildman–Crippen MR) is 167 cm³/mol. The Labute approximate surface area is 302 Å². The van der Waals surface area contributed by atoms with Gasteiger partial charge in [0, 0.05) is 24.7 Å². The molecule has 3 aliphatic rings. The molecule has 0 aromatic carbocycles. The molecule has 24 nitrogen and oxygen atoms in total.